The summed E-state index contributed by atoms with van der Waals surface area (Å²) < 4.78 is 4.50. The van der Waals surface area contributed by atoms with Crippen LogP contribution in [0.15, 0.2) is 30.6 Å². The fourth-order valence-corrected chi connectivity index (χ4v) is 2.93. The van der Waals surface area contributed by atoms with Crippen molar-refractivity contribution < 1.29 is 5.11 Å². The van der Waals surface area contributed by atoms with E-state index < -0.39 is 0 Å². The molecule has 0 aliphatic carbocycles. The molecule has 0 saturated carbocycles. The van der Waals surface area contributed by atoms with Crippen LogP contribution in [0.4, 0.5) is 0 Å². The number of hydrogen-bond acceptors (Lipinski definition) is 4. The lowest BCUT2D eigenvalue weighted by atomic mass is 10.1. The van der Waals surface area contributed by atoms with Crippen LogP contribution < -0.4 is 0 Å². The van der Waals surface area contributed by atoms with Crippen LogP contribution in [-0.4, -0.2) is 43.5 Å². The van der Waals surface area contributed by atoms with E-state index in [0.717, 1.165) is 31.6 Å². The first-order chi connectivity index (χ1) is 10.1. The first kappa shape index (κ1) is 14.4. The van der Waals surface area contributed by atoms with E-state index in [4.69, 9.17) is 12.2 Å². The molecule has 1 fully saturated rings. The quantitative estimate of drug-likeness (QED) is 0.883. The molecule has 5 nitrogen and oxygen atoms in total. The lowest BCUT2D eigenvalue weighted by Gasteiger charge is -2.28. The molecule has 0 bridgehead atoms. The zero-order valence-electron chi connectivity index (χ0n) is 12.1. The number of rotatable bonds is 3. The Morgan fingerprint density at radius 2 is 2.00 bits per heavy atom. The van der Waals surface area contributed by atoms with E-state index in [1.807, 2.05) is 21.4 Å². The molecular weight excluding hydrogens is 284 g/mol. The summed E-state index contributed by atoms with van der Waals surface area (Å²) in [6.07, 6.45) is 3.28. The predicted molar refractivity (Wildman–Crippen MR) is 83.9 cm³/mol. The number of aliphatic hydroxyl groups excluding tert-OH is 1. The van der Waals surface area contributed by atoms with Gasteiger partial charge in [-0.25, -0.2) is 4.68 Å². The number of piperidine rings is 1. The van der Waals surface area contributed by atoms with Crippen LogP contribution in [0, 0.1) is 11.7 Å². The topological polar surface area (TPSA) is 46.2 Å². The Morgan fingerprint density at radius 1 is 1.29 bits per heavy atom. The van der Waals surface area contributed by atoms with Gasteiger partial charge in [-0.2, -0.15) is 5.10 Å². The second-order valence-corrected chi connectivity index (χ2v) is 5.93. The van der Waals surface area contributed by atoms with Crippen molar-refractivity contribution in [1.29, 1.82) is 0 Å². The molecule has 1 saturated heterocycles. The van der Waals surface area contributed by atoms with Crippen molar-refractivity contribution in [2.24, 2.45) is 0 Å². The normalized spacial score (nSPS) is 17.2. The van der Waals surface area contributed by atoms with E-state index >= 15 is 0 Å². The highest BCUT2D eigenvalue weighted by Gasteiger charge is 2.18. The summed E-state index contributed by atoms with van der Waals surface area (Å²) >= 11 is 5.55. The summed E-state index contributed by atoms with van der Waals surface area (Å²) in [4.78, 5) is 2.28. The van der Waals surface area contributed by atoms with Gasteiger partial charge in [0.1, 0.15) is 6.33 Å². The maximum absolute atomic E-state index is 9.56. The van der Waals surface area contributed by atoms with Crippen LogP contribution in [0.1, 0.15) is 18.4 Å². The molecule has 1 aromatic heterocycles. The van der Waals surface area contributed by atoms with Crippen LogP contribution >= 0.6 is 12.2 Å². The third-order valence-corrected chi connectivity index (χ3v) is 4.41. The van der Waals surface area contributed by atoms with Gasteiger partial charge >= 0.3 is 0 Å². The molecule has 21 heavy (non-hydrogen) atoms. The van der Waals surface area contributed by atoms with E-state index in [-0.39, 0.29) is 6.10 Å². The van der Waals surface area contributed by atoms with Crippen LogP contribution in [0.25, 0.3) is 5.69 Å². The Balaban J connectivity index is 1.80. The van der Waals surface area contributed by atoms with E-state index in [1.165, 1.54) is 5.56 Å². The smallest absolute Gasteiger partial charge is 0.203 e. The average molecular weight is 304 g/mol. The molecular formula is C15H20N4OS. The summed E-state index contributed by atoms with van der Waals surface area (Å²) in [5.74, 6) is 0. The van der Waals surface area contributed by atoms with Gasteiger partial charge in [-0.15, -0.1) is 0 Å². The third-order valence-electron chi connectivity index (χ3n) is 4.00. The number of para-hydroxylation sites is 1. The van der Waals surface area contributed by atoms with E-state index in [0.29, 0.717) is 11.4 Å². The van der Waals surface area contributed by atoms with Gasteiger partial charge in [0.15, 0.2) is 0 Å². The van der Waals surface area contributed by atoms with Crippen molar-refractivity contribution >= 4 is 12.2 Å². The number of benzene rings is 1. The second kappa shape index (κ2) is 6.09. The van der Waals surface area contributed by atoms with Gasteiger partial charge in [-0.3, -0.25) is 9.47 Å². The van der Waals surface area contributed by atoms with Crippen LogP contribution in [0.2, 0.25) is 0 Å². The van der Waals surface area contributed by atoms with Gasteiger partial charge in [-0.1, -0.05) is 18.2 Å². The fraction of sp³-hybridized carbons (Fsp3) is 0.467. The highest BCUT2D eigenvalue weighted by molar-refractivity contribution is 7.71. The molecule has 6 heteroatoms. The summed E-state index contributed by atoms with van der Waals surface area (Å²) in [6.45, 7) is 4.53. The molecule has 1 aliphatic rings. The summed E-state index contributed by atoms with van der Waals surface area (Å²) in [5, 5.41) is 14.0. The Hall–Kier alpha value is -1.50. The van der Waals surface area contributed by atoms with Gasteiger partial charge in [0.2, 0.25) is 4.77 Å². The second-order valence-electron chi connectivity index (χ2n) is 5.56. The monoisotopic (exact) mass is 304 g/mol. The van der Waals surface area contributed by atoms with E-state index in [9.17, 15) is 5.11 Å². The average Bonchev–Trinajstić information content (AvgIpc) is 2.83. The minimum absolute atomic E-state index is 0.154. The molecule has 0 atom stereocenters. The van der Waals surface area contributed by atoms with Crippen molar-refractivity contribution in [2.75, 3.05) is 13.1 Å². The highest BCUT2D eigenvalue weighted by Crippen LogP contribution is 2.15. The maximum Gasteiger partial charge on any atom is 0.203 e. The number of aryl methyl sites for hydroxylation is 1. The molecule has 2 aromatic rings. The highest BCUT2D eigenvalue weighted by atomic mass is 32.1. The molecule has 0 radical (unpaired) electrons. The number of hydrogen-bond donors (Lipinski definition) is 1. The zero-order valence-corrected chi connectivity index (χ0v) is 13.0. The predicted octanol–water partition coefficient (Wildman–Crippen LogP) is 2.13. The van der Waals surface area contributed by atoms with E-state index in [2.05, 4.69) is 29.1 Å². The first-order valence-corrected chi connectivity index (χ1v) is 7.67. The Kier molecular flexibility index (Phi) is 4.19. The van der Waals surface area contributed by atoms with Crippen molar-refractivity contribution in [1.82, 2.24) is 19.2 Å². The molecule has 0 amide bonds. The molecule has 1 N–H and O–H groups in total. The number of aromatic nitrogens is 3. The molecule has 1 aromatic carbocycles. The molecule has 0 spiro atoms. The van der Waals surface area contributed by atoms with Gasteiger partial charge in [0.05, 0.1) is 18.5 Å². The van der Waals surface area contributed by atoms with Gasteiger partial charge < -0.3 is 5.11 Å². The minimum atomic E-state index is -0.154. The SMILES string of the molecule is Cc1ccccc1-n1cnn(CN2CCC(O)CC2)c1=S. The number of nitrogens with zero attached hydrogens (tertiary/aromatic N) is 4. The largest absolute Gasteiger partial charge is 0.393 e. The van der Waals surface area contributed by atoms with Crippen LogP contribution in [0.5, 0.6) is 0 Å². The van der Waals surface area contributed by atoms with Crippen molar-refractivity contribution in [3.8, 4) is 5.69 Å². The summed E-state index contributed by atoms with van der Waals surface area (Å²) in [7, 11) is 0. The van der Waals surface area contributed by atoms with Gasteiger partial charge in [-0.05, 0) is 43.6 Å². The fourth-order valence-electron chi connectivity index (χ4n) is 2.68. The van der Waals surface area contributed by atoms with Crippen molar-refractivity contribution in [2.45, 2.75) is 32.5 Å². The number of aliphatic hydroxyl groups is 1. The Labute approximate surface area is 129 Å². The molecule has 112 valence electrons. The van der Waals surface area contributed by atoms with Gasteiger partial charge in [0, 0.05) is 13.1 Å². The molecule has 2 heterocycles. The molecule has 0 unspecified atom stereocenters. The van der Waals surface area contributed by atoms with Crippen LogP contribution in [-0.2, 0) is 6.67 Å². The standard InChI is InChI=1S/C15H20N4OS/c1-12-4-2-3-5-14(12)18-10-16-19(15(18)21)11-17-8-6-13(20)7-9-17/h2-5,10,13,20H,6-9,11H2,1H3. The van der Waals surface area contributed by atoms with Crippen molar-refractivity contribution in [3.05, 3.63) is 40.9 Å². The minimum Gasteiger partial charge on any atom is -0.393 e. The van der Waals surface area contributed by atoms with Crippen molar-refractivity contribution in [3.63, 3.8) is 0 Å². The molecule has 1 aliphatic heterocycles. The third kappa shape index (κ3) is 3.07. The Bertz CT molecular complexity index is 670. The zero-order chi connectivity index (χ0) is 14.8. The lowest BCUT2D eigenvalue weighted by Crippen LogP contribution is -2.37. The van der Waals surface area contributed by atoms with Gasteiger partial charge in [0.25, 0.3) is 0 Å². The van der Waals surface area contributed by atoms with E-state index in [1.54, 1.807) is 6.33 Å². The van der Waals surface area contributed by atoms with Crippen LogP contribution in [0.3, 0.4) is 0 Å². The lowest BCUT2D eigenvalue weighted by molar-refractivity contribution is 0.0650. The molecule has 3 rings (SSSR count). The number of likely N-dealkylation sites (tertiary alicyclic amines) is 1. The Morgan fingerprint density at radius 3 is 2.71 bits per heavy atom. The summed E-state index contributed by atoms with van der Waals surface area (Å²) in [6, 6.07) is 8.15. The summed E-state index contributed by atoms with van der Waals surface area (Å²) in [5.41, 5.74) is 2.25. The first-order valence-electron chi connectivity index (χ1n) is 7.26. The maximum atomic E-state index is 9.56.